The summed E-state index contributed by atoms with van der Waals surface area (Å²) in [7, 11) is -3.29. The Morgan fingerprint density at radius 1 is 1.30 bits per heavy atom. The first-order valence-electron chi connectivity index (χ1n) is 8.81. The van der Waals surface area contributed by atoms with E-state index >= 15 is 0 Å². The molecular formula is C19H19N3O4S. The lowest BCUT2D eigenvalue weighted by Gasteiger charge is -2.15. The van der Waals surface area contributed by atoms with Gasteiger partial charge in [-0.25, -0.2) is 13.4 Å². The molecule has 27 heavy (non-hydrogen) atoms. The molecule has 0 spiro atoms. The number of fused-ring (bicyclic) bond motifs is 1. The van der Waals surface area contributed by atoms with Crippen LogP contribution >= 0.6 is 0 Å². The van der Waals surface area contributed by atoms with Gasteiger partial charge in [-0.1, -0.05) is 13.0 Å². The van der Waals surface area contributed by atoms with Crippen molar-refractivity contribution in [3.63, 3.8) is 0 Å². The maximum atomic E-state index is 12.5. The van der Waals surface area contributed by atoms with E-state index in [1.54, 1.807) is 54.4 Å². The predicted molar refractivity (Wildman–Crippen MR) is 99.2 cm³/mol. The zero-order valence-corrected chi connectivity index (χ0v) is 15.6. The van der Waals surface area contributed by atoms with E-state index in [9.17, 15) is 13.2 Å². The highest BCUT2D eigenvalue weighted by molar-refractivity contribution is 7.91. The third kappa shape index (κ3) is 3.32. The molecule has 3 heterocycles. The molecule has 7 nitrogen and oxygen atoms in total. The van der Waals surface area contributed by atoms with E-state index in [2.05, 4.69) is 9.97 Å². The van der Waals surface area contributed by atoms with Crippen LogP contribution in [0.25, 0.3) is 11.1 Å². The molecule has 2 aromatic heterocycles. The van der Waals surface area contributed by atoms with Gasteiger partial charge in [-0.3, -0.25) is 9.78 Å². The normalized spacial score (nSPS) is 17.5. The van der Waals surface area contributed by atoms with Gasteiger partial charge in [0.15, 0.2) is 21.3 Å². The van der Waals surface area contributed by atoms with Crippen LogP contribution in [0.3, 0.4) is 0 Å². The van der Waals surface area contributed by atoms with Crippen molar-refractivity contribution in [2.24, 2.45) is 0 Å². The van der Waals surface area contributed by atoms with E-state index < -0.39 is 9.84 Å². The smallest absolute Gasteiger partial charge is 0.272 e. The first-order chi connectivity index (χ1) is 13.0. The number of pyridine rings is 1. The van der Waals surface area contributed by atoms with Crippen molar-refractivity contribution in [1.29, 1.82) is 0 Å². The molecule has 8 heteroatoms. The largest absolute Gasteiger partial charge is 0.440 e. The van der Waals surface area contributed by atoms with Gasteiger partial charge in [-0.05, 0) is 36.8 Å². The molecule has 1 amide bonds. The summed E-state index contributed by atoms with van der Waals surface area (Å²) < 4.78 is 29.9. The Kier molecular flexibility index (Phi) is 4.43. The molecule has 1 saturated heterocycles. The fourth-order valence-corrected chi connectivity index (χ4v) is 4.16. The summed E-state index contributed by atoms with van der Waals surface area (Å²) in [5.41, 5.74) is 1.49. The molecule has 1 aliphatic heterocycles. The Morgan fingerprint density at radius 2 is 2.15 bits per heavy atom. The molecule has 0 aliphatic carbocycles. The van der Waals surface area contributed by atoms with E-state index in [0.29, 0.717) is 35.8 Å². The zero-order chi connectivity index (χ0) is 19.0. The second-order valence-electron chi connectivity index (χ2n) is 6.54. The van der Waals surface area contributed by atoms with Crippen LogP contribution in [0, 0.1) is 0 Å². The van der Waals surface area contributed by atoms with Gasteiger partial charge in [-0.15, -0.1) is 0 Å². The van der Waals surface area contributed by atoms with Gasteiger partial charge in [0.2, 0.25) is 0 Å². The molecule has 1 aliphatic rings. The van der Waals surface area contributed by atoms with Gasteiger partial charge < -0.3 is 9.32 Å². The zero-order valence-electron chi connectivity index (χ0n) is 14.8. The van der Waals surface area contributed by atoms with Gasteiger partial charge in [0, 0.05) is 19.3 Å². The molecule has 4 rings (SSSR count). The summed E-state index contributed by atoms with van der Waals surface area (Å²) >= 11 is 0. The van der Waals surface area contributed by atoms with Crippen molar-refractivity contribution in [1.82, 2.24) is 14.9 Å². The standard InChI is InChI=1S/C19H19N3O4S/c1-2-27(24,25)14-6-7-17-16(11-14)21-18(26-17)13-8-10-22(12-13)19(23)15-5-3-4-9-20-15/h3-7,9,11,13H,2,8,10,12H2,1H3/t13-/m0/s1. The lowest BCUT2D eigenvalue weighted by molar-refractivity contribution is 0.0784. The molecular weight excluding hydrogens is 366 g/mol. The number of aromatic nitrogens is 2. The van der Waals surface area contributed by atoms with Crippen LogP contribution in [0.15, 0.2) is 51.9 Å². The van der Waals surface area contributed by atoms with Crippen LogP contribution in [-0.4, -0.2) is 48.0 Å². The number of hydrogen-bond acceptors (Lipinski definition) is 6. The van der Waals surface area contributed by atoms with Gasteiger partial charge in [0.1, 0.15) is 11.2 Å². The van der Waals surface area contributed by atoms with Crippen molar-refractivity contribution < 1.29 is 17.6 Å². The molecule has 1 fully saturated rings. The van der Waals surface area contributed by atoms with Gasteiger partial charge in [0.05, 0.1) is 16.6 Å². The molecule has 1 atom stereocenters. The second kappa shape index (κ2) is 6.77. The number of hydrogen-bond donors (Lipinski definition) is 0. The van der Waals surface area contributed by atoms with Crippen LogP contribution in [0.1, 0.15) is 35.6 Å². The summed E-state index contributed by atoms with van der Waals surface area (Å²) in [6.45, 7) is 2.72. The summed E-state index contributed by atoms with van der Waals surface area (Å²) in [5, 5.41) is 0. The molecule has 0 bridgehead atoms. The number of likely N-dealkylation sites (tertiary alicyclic amines) is 1. The number of rotatable bonds is 4. The van der Waals surface area contributed by atoms with Gasteiger partial charge in [-0.2, -0.15) is 0 Å². The minimum atomic E-state index is -3.29. The minimum Gasteiger partial charge on any atom is -0.440 e. The number of nitrogens with zero attached hydrogens (tertiary/aromatic N) is 3. The molecule has 0 saturated carbocycles. The predicted octanol–water partition coefficient (Wildman–Crippen LogP) is 2.65. The van der Waals surface area contributed by atoms with Crippen molar-refractivity contribution in [3.8, 4) is 0 Å². The van der Waals surface area contributed by atoms with E-state index in [-0.39, 0.29) is 22.5 Å². The first kappa shape index (κ1) is 17.7. The summed E-state index contributed by atoms with van der Waals surface area (Å²) in [6.07, 6.45) is 2.34. The molecule has 0 N–H and O–H groups in total. The second-order valence-corrected chi connectivity index (χ2v) is 8.82. The van der Waals surface area contributed by atoms with Gasteiger partial charge in [0.25, 0.3) is 5.91 Å². The molecule has 3 aromatic rings. The molecule has 0 unspecified atom stereocenters. The van der Waals surface area contributed by atoms with Crippen molar-refractivity contribution >= 4 is 26.8 Å². The van der Waals surface area contributed by atoms with Crippen molar-refractivity contribution in [2.45, 2.75) is 24.2 Å². The Balaban J connectivity index is 1.56. The average molecular weight is 385 g/mol. The number of benzene rings is 1. The van der Waals surface area contributed by atoms with Crippen LogP contribution in [-0.2, 0) is 9.84 Å². The van der Waals surface area contributed by atoms with E-state index in [1.165, 1.54) is 0 Å². The first-order valence-corrected chi connectivity index (χ1v) is 10.5. The number of carbonyl (C=O) groups is 1. The van der Waals surface area contributed by atoms with Crippen molar-refractivity contribution in [3.05, 3.63) is 54.2 Å². The SMILES string of the molecule is CCS(=O)(=O)c1ccc2oc([C@H]3CCN(C(=O)c4ccccn4)C3)nc2c1. The van der Waals surface area contributed by atoms with Crippen LogP contribution in [0.2, 0.25) is 0 Å². The van der Waals surface area contributed by atoms with E-state index in [0.717, 1.165) is 6.42 Å². The Morgan fingerprint density at radius 3 is 2.89 bits per heavy atom. The monoisotopic (exact) mass is 385 g/mol. The topological polar surface area (TPSA) is 93.4 Å². The fraction of sp³-hybridized carbons (Fsp3) is 0.316. The fourth-order valence-electron chi connectivity index (χ4n) is 3.26. The third-order valence-corrected chi connectivity index (χ3v) is 6.56. The lowest BCUT2D eigenvalue weighted by Crippen LogP contribution is -2.29. The third-order valence-electron chi connectivity index (χ3n) is 4.82. The molecule has 1 aromatic carbocycles. The Labute approximate surface area is 156 Å². The lowest BCUT2D eigenvalue weighted by atomic mass is 10.1. The maximum Gasteiger partial charge on any atom is 0.272 e. The van der Waals surface area contributed by atoms with Crippen LogP contribution < -0.4 is 0 Å². The number of oxazole rings is 1. The average Bonchev–Trinajstić information content (AvgIpc) is 3.34. The summed E-state index contributed by atoms with van der Waals surface area (Å²) in [6, 6.07) is 9.99. The number of amides is 1. The Bertz CT molecular complexity index is 1090. The highest BCUT2D eigenvalue weighted by atomic mass is 32.2. The van der Waals surface area contributed by atoms with E-state index in [1.807, 2.05) is 0 Å². The van der Waals surface area contributed by atoms with Crippen LogP contribution in [0.5, 0.6) is 0 Å². The molecule has 140 valence electrons. The number of sulfone groups is 1. The maximum absolute atomic E-state index is 12.5. The number of carbonyl (C=O) groups excluding carboxylic acids is 1. The van der Waals surface area contributed by atoms with Crippen molar-refractivity contribution in [2.75, 3.05) is 18.8 Å². The molecule has 0 radical (unpaired) electrons. The summed E-state index contributed by atoms with van der Waals surface area (Å²) in [5.74, 6) is 0.449. The highest BCUT2D eigenvalue weighted by Crippen LogP contribution is 2.30. The van der Waals surface area contributed by atoms with E-state index in [4.69, 9.17) is 4.42 Å². The highest BCUT2D eigenvalue weighted by Gasteiger charge is 2.31. The van der Waals surface area contributed by atoms with Gasteiger partial charge >= 0.3 is 0 Å². The quantitative estimate of drug-likeness (QED) is 0.685. The minimum absolute atomic E-state index is 0.0173. The summed E-state index contributed by atoms with van der Waals surface area (Å²) in [4.78, 5) is 23.1. The Hall–Kier alpha value is -2.74. The van der Waals surface area contributed by atoms with Crippen LogP contribution in [0.4, 0.5) is 0 Å².